The molecule has 0 amide bonds. The number of aryl methyl sites for hydroxylation is 2. The number of rotatable bonds is 5. The lowest BCUT2D eigenvalue weighted by atomic mass is 9.85. The normalized spacial score (nSPS) is 14.0. The van der Waals surface area contributed by atoms with Crippen molar-refractivity contribution >= 4 is 27.6 Å². The fraction of sp³-hybridized carbons (Fsp3) is 0.355. The van der Waals surface area contributed by atoms with E-state index in [-0.39, 0.29) is 12.4 Å². The highest BCUT2D eigenvalue weighted by molar-refractivity contribution is 6.09. The van der Waals surface area contributed by atoms with Crippen LogP contribution in [-0.2, 0) is 20.7 Å². The zero-order chi connectivity index (χ0) is 26.5. The highest BCUT2D eigenvalue weighted by atomic mass is 19.1. The first-order valence-corrected chi connectivity index (χ1v) is 12.7. The molecular weight excluding hydrogens is 469 g/mol. The van der Waals surface area contributed by atoms with Crippen molar-refractivity contribution in [2.45, 2.75) is 59.7 Å². The highest BCUT2D eigenvalue weighted by Crippen LogP contribution is 2.45. The van der Waals surface area contributed by atoms with Gasteiger partial charge in [-0.05, 0) is 93.4 Å². The van der Waals surface area contributed by atoms with Crippen LogP contribution in [0.3, 0.4) is 0 Å². The van der Waals surface area contributed by atoms with E-state index in [1.807, 2.05) is 52.0 Å². The summed E-state index contributed by atoms with van der Waals surface area (Å²) in [7, 11) is 0. The Hall–Kier alpha value is -3.51. The molecule has 0 N–H and O–H groups in total. The Labute approximate surface area is 216 Å². The Bertz CT molecular complexity index is 1530. The maximum absolute atomic E-state index is 15.5. The molecule has 3 aromatic carbocycles. The lowest BCUT2D eigenvalue weighted by Crippen LogP contribution is -2.29. The molecular formula is C31H32FNO4. The quantitative estimate of drug-likeness (QED) is 0.272. The zero-order valence-corrected chi connectivity index (χ0v) is 22.2. The second-order valence-electron chi connectivity index (χ2n) is 10.5. The zero-order valence-electron chi connectivity index (χ0n) is 22.2. The standard InChI is InChI=1S/C31H32FNO4/c1-7-35-30(34)29(37-31(4,5)6)24-18(3)16-22-20(9-8-17(2)27(22)32)26(24)21-10-11-23-25-19(13-15-36-23)12-14-33-28(21)25/h8-12,14,16,29H,7,13,15H2,1-6H3. The van der Waals surface area contributed by atoms with Crippen molar-refractivity contribution in [2.75, 3.05) is 13.2 Å². The number of halogens is 1. The fourth-order valence-electron chi connectivity index (χ4n) is 5.23. The van der Waals surface area contributed by atoms with Crippen LogP contribution in [0.4, 0.5) is 4.39 Å². The van der Waals surface area contributed by atoms with E-state index in [1.54, 1.807) is 32.2 Å². The number of carbonyl (C=O) groups excluding carboxylic acids is 1. The minimum absolute atomic E-state index is 0.221. The van der Waals surface area contributed by atoms with Crippen LogP contribution >= 0.6 is 0 Å². The summed E-state index contributed by atoms with van der Waals surface area (Å²) < 4.78 is 33.3. The summed E-state index contributed by atoms with van der Waals surface area (Å²) in [5, 5.41) is 2.13. The molecule has 2 heterocycles. The van der Waals surface area contributed by atoms with Gasteiger partial charge >= 0.3 is 5.97 Å². The van der Waals surface area contributed by atoms with Gasteiger partial charge < -0.3 is 14.2 Å². The van der Waals surface area contributed by atoms with Crippen molar-refractivity contribution in [3.05, 3.63) is 70.7 Å². The summed E-state index contributed by atoms with van der Waals surface area (Å²) in [4.78, 5) is 18.1. The highest BCUT2D eigenvalue weighted by Gasteiger charge is 2.34. The lowest BCUT2D eigenvalue weighted by Gasteiger charge is -2.30. The van der Waals surface area contributed by atoms with E-state index in [2.05, 4.69) is 0 Å². The summed E-state index contributed by atoms with van der Waals surface area (Å²) in [6.45, 7) is 12.0. The lowest BCUT2D eigenvalue weighted by molar-refractivity contribution is -0.166. The van der Waals surface area contributed by atoms with Gasteiger partial charge in [-0.25, -0.2) is 9.18 Å². The molecule has 1 atom stereocenters. The van der Waals surface area contributed by atoms with E-state index in [9.17, 15) is 4.79 Å². The largest absolute Gasteiger partial charge is 0.493 e. The van der Waals surface area contributed by atoms with Crippen molar-refractivity contribution in [1.29, 1.82) is 0 Å². The predicted octanol–water partition coefficient (Wildman–Crippen LogP) is 7.17. The smallest absolute Gasteiger partial charge is 0.339 e. The van der Waals surface area contributed by atoms with Gasteiger partial charge in [-0.2, -0.15) is 0 Å². The van der Waals surface area contributed by atoms with Crippen LogP contribution in [0.1, 0.15) is 56.1 Å². The number of fused-ring (bicyclic) bond motifs is 1. The Morgan fingerprint density at radius 1 is 1.11 bits per heavy atom. The van der Waals surface area contributed by atoms with Crippen molar-refractivity contribution in [3.8, 4) is 16.9 Å². The second kappa shape index (κ2) is 9.42. The van der Waals surface area contributed by atoms with Crippen LogP contribution in [0.15, 0.2) is 42.6 Å². The summed E-state index contributed by atoms with van der Waals surface area (Å²) in [6.07, 6.45) is 1.57. The van der Waals surface area contributed by atoms with Gasteiger partial charge in [0.15, 0.2) is 6.10 Å². The van der Waals surface area contributed by atoms with Crippen LogP contribution in [0, 0.1) is 19.7 Å². The SMILES string of the molecule is CCOC(=O)C(OC(C)(C)C)c1c(C)cc2c(F)c(C)ccc2c1-c1ccc2c3c(ccnc13)CCO2. The second-order valence-corrected chi connectivity index (χ2v) is 10.5. The molecule has 0 saturated heterocycles. The summed E-state index contributed by atoms with van der Waals surface area (Å²) in [6, 6.07) is 11.4. The van der Waals surface area contributed by atoms with Crippen LogP contribution in [0.2, 0.25) is 0 Å². The van der Waals surface area contributed by atoms with Gasteiger partial charge in [0.25, 0.3) is 0 Å². The van der Waals surface area contributed by atoms with E-state index >= 15 is 4.39 Å². The van der Waals surface area contributed by atoms with Crippen LogP contribution in [0.25, 0.3) is 32.8 Å². The fourth-order valence-corrected chi connectivity index (χ4v) is 5.23. The van der Waals surface area contributed by atoms with Crippen LogP contribution in [-0.4, -0.2) is 29.8 Å². The van der Waals surface area contributed by atoms with Crippen molar-refractivity contribution < 1.29 is 23.4 Å². The summed E-state index contributed by atoms with van der Waals surface area (Å²) in [5.41, 5.74) is 4.74. The van der Waals surface area contributed by atoms with Crippen molar-refractivity contribution in [2.24, 2.45) is 0 Å². The Morgan fingerprint density at radius 2 is 1.89 bits per heavy atom. The minimum atomic E-state index is -1.01. The number of hydrogen-bond acceptors (Lipinski definition) is 5. The summed E-state index contributed by atoms with van der Waals surface area (Å²) in [5.74, 6) is 0.0195. The van der Waals surface area contributed by atoms with Gasteiger partial charge in [-0.15, -0.1) is 0 Å². The molecule has 0 fully saturated rings. The Morgan fingerprint density at radius 3 is 2.62 bits per heavy atom. The number of pyridine rings is 1. The molecule has 192 valence electrons. The molecule has 0 saturated carbocycles. The molecule has 0 radical (unpaired) electrons. The van der Waals surface area contributed by atoms with Gasteiger partial charge in [0.1, 0.15) is 11.6 Å². The van der Waals surface area contributed by atoms with Gasteiger partial charge in [0.2, 0.25) is 0 Å². The molecule has 37 heavy (non-hydrogen) atoms. The summed E-state index contributed by atoms with van der Waals surface area (Å²) >= 11 is 0. The van der Waals surface area contributed by atoms with Gasteiger partial charge in [0.05, 0.1) is 24.3 Å². The number of nitrogens with zero attached hydrogens (tertiary/aromatic N) is 1. The monoisotopic (exact) mass is 501 g/mol. The maximum Gasteiger partial charge on any atom is 0.339 e. The van der Waals surface area contributed by atoms with Gasteiger partial charge in [-0.3, -0.25) is 4.98 Å². The molecule has 0 bridgehead atoms. The first-order valence-electron chi connectivity index (χ1n) is 12.7. The van der Waals surface area contributed by atoms with Crippen molar-refractivity contribution in [3.63, 3.8) is 0 Å². The average Bonchev–Trinajstić information content (AvgIpc) is 2.85. The number of esters is 1. The third-order valence-corrected chi connectivity index (χ3v) is 6.77. The molecule has 0 spiro atoms. The van der Waals surface area contributed by atoms with Crippen molar-refractivity contribution in [1.82, 2.24) is 4.98 Å². The Balaban J connectivity index is 1.92. The van der Waals surface area contributed by atoms with E-state index in [0.29, 0.717) is 28.5 Å². The number of carbonyl (C=O) groups is 1. The minimum Gasteiger partial charge on any atom is -0.493 e. The molecule has 1 aromatic heterocycles. The maximum atomic E-state index is 15.5. The molecule has 0 aliphatic carbocycles. The first-order chi connectivity index (χ1) is 17.6. The van der Waals surface area contributed by atoms with E-state index < -0.39 is 17.7 Å². The molecule has 5 rings (SSSR count). The average molecular weight is 502 g/mol. The molecule has 1 unspecified atom stereocenters. The number of hydrogen-bond donors (Lipinski definition) is 0. The third-order valence-electron chi connectivity index (χ3n) is 6.77. The number of ether oxygens (including phenoxy) is 3. The first kappa shape index (κ1) is 25.2. The molecule has 1 aliphatic rings. The van der Waals surface area contributed by atoms with E-state index in [1.165, 1.54) is 0 Å². The third kappa shape index (κ3) is 4.44. The van der Waals surface area contributed by atoms with E-state index in [4.69, 9.17) is 19.2 Å². The molecule has 4 aromatic rings. The topological polar surface area (TPSA) is 57.7 Å². The Kier molecular flexibility index (Phi) is 6.40. The number of aromatic nitrogens is 1. The molecule has 6 heteroatoms. The van der Waals surface area contributed by atoms with Gasteiger partial charge in [0, 0.05) is 34.5 Å². The molecule has 5 nitrogen and oxygen atoms in total. The number of benzene rings is 3. The van der Waals surface area contributed by atoms with E-state index in [0.717, 1.165) is 45.3 Å². The van der Waals surface area contributed by atoms with Crippen LogP contribution < -0.4 is 4.74 Å². The predicted molar refractivity (Wildman–Crippen MR) is 144 cm³/mol. The van der Waals surface area contributed by atoms with Gasteiger partial charge in [-0.1, -0.05) is 12.1 Å². The van der Waals surface area contributed by atoms with Crippen LogP contribution in [0.5, 0.6) is 5.75 Å². The molecule has 1 aliphatic heterocycles.